The zero-order valence-corrected chi connectivity index (χ0v) is 15.4. The molecule has 0 radical (unpaired) electrons. The van der Waals surface area contributed by atoms with E-state index >= 15 is 0 Å². The van der Waals surface area contributed by atoms with Crippen molar-refractivity contribution in [3.8, 4) is 0 Å². The summed E-state index contributed by atoms with van der Waals surface area (Å²) in [4.78, 5) is 25.8. The summed E-state index contributed by atoms with van der Waals surface area (Å²) in [5.74, 6) is -0.719. The molecule has 134 valence electrons. The number of nitrogens with one attached hydrogen (secondary N) is 2. The maximum absolute atomic E-state index is 12.8. The van der Waals surface area contributed by atoms with Crippen molar-refractivity contribution >= 4 is 57.1 Å². The van der Waals surface area contributed by atoms with Crippen LogP contribution in [0.3, 0.4) is 0 Å². The quantitative estimate of drug-likeness (QED) is 0.468. The zero-order chi connectivity index (χ0) is 18.8. The monoisotopic (exact) mass is 396 g/mol. The van der Waals surface area contributed by atoms with Crippen LogP contribution in [0.25, 0.3) is 11.0 Å². The van der Waals surface area contributed by atoms with Gasteiger partial charge in [0.05, 0.1) is 4.88 Å². The van der Waals surface area contributed by atoms with Gasteiger partial charge in [-0.25, -0.2) is 0 Å². The van der Waals surface area contributed by atoms with Gasteiger partial charge in [0, 0.05) is 16.1 Å². The third kappa shape index (κ3) is 3.58. The third-order valence-corrected chi connectivity index (χ3v) is 5.01. The van der Waals surface area contributed by atoms with Gasteiger partial charge in [-0.1, -0.05) is 29.8 Å². The van der Waals surface area contributed by atoms with Gasteiger partial charge in [-0.15, -0.1) is 11.3 Å². The van der Waals surface area contributed by atoms with Gasteiger partial charge in [0.2, 0.25) is 5.76 Å². The van der Waals surface area contributed by atoms with Crippen molar-refractivity contribution in [3.05, 3.63) is 81.7 Å². The molecule has 2 aromatic heterocycles. The summed E-state index contributed by atoms with van der Waals surface area (Å²) in [5.41, 5.74) is 1.43. The molecule has 4 rings (SSSR count). The first-order valence-corrected chi connectivity index (χ1v) is 9.31. The lowest BCUT2D eigenvalue weighted by molar-refractivity contribution is 0.1000. The number of carbonyl (C=O) groups excluding carboxylic acids is 2. The van der Waals surface area contributed by atoms with E-state index in [1.165, 1.54) is 11.3 Å². The normalized spacial score (nSPS) is 10.7. The number of benzene rings is 2. The first kappa shape index (κ1) is 17.3. The summed E-state index contributed by atoms with van der Waals surface area (Å²) < 4.78 is 5.73. The number of rotatable bonds is 4. The minimum absolute atomic E-state index is 0.0380. The van der Waals surface area contributed by atoms with E-state index in [-0.39, 0.29) is 11.7 Å². The summed E-state index contributed by atoms with van der Waals surface area (Å²) in [6.45, 7) is 0. The molecule has 4 aromatic rings. The molecule has 27 heavy (non-hydrogen) atoms. The average molecular weight is 397 g/mol. The number of anilines is 2. The Kier molecular flexibility index (Phi) is 4.66. The summed E-state index contributed by atoms with van der Waals surface area (Å²) in [7, 11) is 0. The van der Waals surface area contributed by atoms with Crippen molar-refractivity contribution in [2.75, 3.05) is 10.6 Å². The summed E-state index contributed by atoms with van der Waals surface area (Å²) in [5, 5.41) is 8.60. The van der Waals surface area contributed by atoms with Gasteiger partial charge in [-0.3, -0.25) is 9.59 Å². The predicted molar refractivity (Wildman–Crippen MR) is 108 cm³/mol. The molecule has 7 heteroatoms. The Balaban J connectivity index is 1.70. The average Bonchev–Trinajstić information content (AvgIpc) is 3.32. The van der Waals surface area contributed by atoms with Gasteiger partial charge < -0.3 is 15.1 Å². The van der Waals surface area contributed by atoms with Crippen LogP contribution in [0.15, 0.2) is 70.5 Å². The van der Waals surface area contributed by atoms with Crippen molar-refractivity contribution in [2.24, 2.45) is 0 Å². The summed E-state index contributed by atoms with van der Waals surface area (Å²) in [6, 6.07) is 17.4. The fourth-order valence-corrected chi connectivity index (χ4v) is 3.38. The van der Waals surface area contributed by atoms with E-state index in [1.807, 2.05) is 11.4 Å². The molecular formula is C20H13ClN2O3S. The lowest BCUT2D eigenvalue weighted by atomic mass is 10.2. The van der Waals surface area contributed by atoms with E-state index in [2.05, 4.69) is 10.6 Å². The van der Waals surface area contributed by atoms with Gasteiger partial charge >= 0.3 is 0 Å². The van der Waals surface area contributed by atoms with E-state index in [4.69, 9.17) is 16.0 Å². The molecule has 0 aliphatic rings. The molecule has 0 spiro atoms. The molecule has 0 saturated heterocycles. The Hall–Kier alpha value is -3.09. The van der Waals surface area contributed by atoms with Gasteiger partial charge in [0.25, 0.3) is 11.8 Å². The number of para-hydroxylation sites is 1. The highest BCUT2D eigenvalue weighted by Gasteiger charge is 2.23. The van der Waals surface area contributed by atoms with Crippen molar-refractivity contribution in [1.82, 2.24) is 0 Å². The van der Waals surface area contributed by atoms with Crippen LogP contribution in [0, 0.1) is 0 Å². The fourth-order valence-electron chi connectivity index (χ4n) is 2.63. The van der Waals surface area contributed by atoms with Crippen molar-refractivity contribution in [3.63, 3.8) is 0 Å². The van der Waals surface area contributed by atoms with Crippen LogP contribution in [-0.2, 0) is 0 Å². The highest BCUT2D eigenvalue weighted by molar-refractivity contribution is 7.12. The second-order valence-corrected chi connectivity index (χ2v) is 7.08. The lowest BCUT2D eigenvalue weighted by Crippen LogP contribution is -2.16. The second kappa shape index (κ2) is 7.26. The Morgan fingerprint density at radius 2 is 1.67 bits per heavy atom. The van der Waals surface area contributed by atoms with Crippen LogP contribution < -0.4 is 10.6 Å². The van der Waals surface area contributed by atoms with E-state index < -0.39 is 5.91 Å². The van der Waals surface area contributed by atoms with Crippen molar-refractivity contribution in [1.29, 1.82) is 0 Å². The number of hydrogen-bond donors (Lipinski definition) is 2. The predicted octanol–water partition coefficient (Wildman–Crippen LogP) is 5.65. The Bertz CT molecular complexity index is 1120. The molecule has 5 nitrogen and oxygen atoms in total. The van der Waals surface area contributed by atoms with Gasteiger partial charge in [0.15, 0.2) is 0 Å². The number of amides is 2. The Morgan fingerprint density at radius 1 is 0.889 bits per heavy atom. The minimum Gasteiger partial charge on any atom is -0.449 e. The molecule has 0 aliphatic carbocycles. The maximum atomic E-state index is 12.8. The molecule has 0 unspecified atom stereocenters. The smallest absolute Gasteiger partial charge is 0.293 e. The van der Waals surface area contributed by atoms with Crippen LogP contribution in [0.1, 0.15) is 20.2 Å². The molecular weight excluding hydrogens is 384 g/mol. The summed E-state index contributed by atoms with van der Waals surface area (Å²) in [6.07, 6.45) is 0. The van der Waals surface area contributed by atoms with E-state index in [0.717, 1.165) is 0 Å². The number of fused-ring (bicyclic) bond motifs is 1. The SMILES string of the molecule is O=C(Nc1c(C(=O)Nc2ccc(Cl)cc2)oc2ccccc12)c1cccs1. The van der Waals surface area contributed by atoms with Crippen molar-refractivity contribution in [2.45, 2.75) is 0 Å². The first-order chi connectivity index (χ1) is 13.1. The minimum atomic E-state index is -0.463. The Morgan fingerprint density at radius 3 is 2.41 bits per heavy atom. The van der Waals surface area contributed by atoms with E-state index in [1.54, 1.807) is 54.6 Å². The number of halogens is 1. The highest BCUT2D eigenvalue weighted by Crippen LogP contribution is 2.32. The maximum Gasteiger partial charge on any atom is 0.293 e. The first-order valence-electron chi connectivity index (χ1n) is 8.05. The zero-order valence-electron chi connectivity index (χ0n) is 13.9. The lowest BCUT2D eigenvalue weighted by Gasteiger charge is -2.07. The second-order valence-electron chi connectivity index (χ2n) is 5.69. The fraction of sp³-hybridized carbons (Fsp3) is 0. The molecule has 0 atom stereocenters. The highest BCUT2D eigenvalue weighted by atomic mass is 35.5. The van der Waals surface area contributed by atoms with Crippen LogP contribution in [0.2, 0.25) is 5.02 Å². The topological polar surface area (TPSA) is 71.3 Å². The van der Waals surface area contributed by atoms with Crippen LogP contribution in [0.5, 0.6) is 0 Å². The van der Waals surface area contributed by atoms with Crippen LogP contribution in [-0.4, -0.2) is 11.8 Å². The van der Waals surface area contributed by atoms with Gasteiger partial charge in [0.1, 0.15) is 11.3 Å². The van der Waals surface area contributed by atoms with E-state index in [9.17, 15) is 9.59 Å². The van der Waals surface area contributed by atoms with Gasteiger partial charge in [-0.2, -0.15) is 0 Å². The van der Waals surface area contributed by atoms with Gasteiger partial charge in [-0.05, 0) is 47.8 Å². The molecule has 0 aliphatic heterocycles. The molecule has 0 saturated carbocycles. The van der Waals surface area contributed by atoms with Crippen LogP contribution >= 0.6 is 22.9 Å². The molecule has 0 bridgehead atoms. The van der Waals surface area contributed by atoms with Crippen LogP contribution in [0.4, 0.5) is 11.4 Å². The largest absolute Gasteiger partial charge is 0.449 e. The molecule has 2 aromatic carbocycles. The number of carbonyl (C=O) groups is 2. The number of furan rings is 1. The standard InChI is InChI=1S/C20H13ClN2O3S/c21-12-7-9-13(10-8-12)22-20(25)18-17(14-4-1-2-5-15(14)26-18)23-19(24)16-6-3-11-27-16/h1-11H,(H,22,25)(H,23,24). The van der Waals surface area contributed by atoms with E-state index in [0.29, 0.717) is 32.2 Å². The van der Waals surface area contributed by atoms with Crippen molar-refractivity contribution < 1.29 is 14.0 Å². The molecule has 2 amide bonds. The summed E-state index contributed by atoms with van der Waals surface area (Å²) >= 11 is 7.19. The number of thiophene rings is 1. The molecule has 0 fully saturated rings. The number of hydrogen-bond acceptors (Lipinski definition) is 4. The third-order valence-electron chi connectivity index (χ3n) is 3.89. The molecule has 2 N–H and O–H groups in total. The Labute approximate surface area is 163 Å². The molecule has 2 heterocycles.